The normalized spacial score (nSPS) is 12.4. The Morgan fingerprint density at radius 1 is 1.45 bits per heavy atom. The molecule has 0 saturated heterocycles. The molecule has 1 rings (SSSR count). The second-order valence-corrected chi connectivity index (χ2v) is 4.52. The molecule has 0 fully saturated rings. The molecule has 0 bridgehead atoms. The van der Waals surface area contributed by atoms with Crippen molar-refractivity contribution in [1.82, 2.24) is 4.90 Å². The summed E-state index contributed by atoms with van der Waals surface area (Å²) >= 11 is 0. The largest absolute Gasteiger partial charge is 0.416 e. The molecule has 0 aliphatic heterocycles. The number of hydrogen-bond donors (Lipinski definition) is 2. The predicted molar refractivity (Wildman–Crippen MR) is 74.3 cm³/mol. The van der Waals surface area contributed by atoms with E-state index in [0.717, 1.165) is 18.0 Å². The molecule has 0 aliphatic rings. The van der Waals surface area contributed by atoms with Gasteiger partial charge in [-0.05, 0) is 24.3 Å². The molecular formula is C14H15F3N2O3. The maximum atomic E-state index is 12.3. The van der Waals surface area contributed by atoms with E-state index in [1.54, 1.807) is 0 Å². The summed E-state index contributed by atoms with van der Waals surface area (Å²) in [5.41, 5.74) is 0.388. The van der Waals surface area contributed by atoms with Crippen LogP contribution in [0.25, 0.3) is 0 Å². The lowest BCUT2D eigenvalue weighted by molar-refractivity contribution is -0.205. The van der Waals surface area contributed by atoms with Crippen molar-refractivity contribution >= 4 is 17.5 Å². The fraction of sp³-hybridized carbons (Fsp3) is 0.286. The molecule has 1 aromatic carbocycles. The van der Waals surface area contributed by atoms with Crippen LogP contribution >= 0.6 is 0 Å². The Hall–Kier alpha value is -2.35. The average Bonchev–Trinajstić information content (AvgIpc) is 2.45. The number of benzene rings is 1. The van der Waals surface area contributed by atoms with Gasteiger partial charge in [-0.3, -0.25) is 9.59 Å². The Morgan fingerprint density at radius 2 is 2.09 bits per heavy atom. The minimum absolute atomic E-state index is 0.0822. The van der Waals surface area contributed by atoms with Crippen LogP contribution in [0.4, 0.5) is 18.9 Å². The van der Waals surface area contributed by atoms with Crippen molar-refractivity contribution in [3.63, 3.8) is 0 Å². The molecule has 8 heteroatoms. The van der Waals surface area contributed by atoms with E-state index in [0.29, 0.717) is 5.69 Å². The summed E-state index contributed by atoms with van der Waals surface area (Å²) in [5.74, 6) is -1.19. The molecule has 5 nitrogen and oxygen atoms in total. The van der Waals surface area contributed by atoms with E-state index in [1.165, 1.54) is 24.3 Å². The summed E-state index contributed by atoms with van der Waals surface area (Å²) < 4.78 is 36.8. The van der Waals surface area contributed by atoms with E-state index in [9.17, 15) is 22.8 Å². The zero-order chi connectivity index (χ0) is 16.9. The standard InChI is InChI=1S/C14H15F3N2O3/c1-3-12(21)18-10-6-4-5-9(7-10)13(22)19(2)8-11(20)14(15,16)17/h3-7,11,20H,1,8H2,2H3,(H,18,21). The van der Waals surface area contributed by atoms with E-state index in [1.807, 2.05) is 0 Å². The Balaban J connectivity index is 2.82. The molecule has 0 radical (unpaired) electrons. The second-order valence-electron chi connectivity index (χ2n) is 4.52. The van der Waals surface area contributed by atoms with Crippen LogP contribution in [0.15, 0.2) is 36.9 Å². The number of likely N-dealkylation sites (N-methyl/N-ethyl adjacent to an activating group) is 1. The Kier molecular flexibility index (Phi) is 5.69. The Morgan fingerprint density at radius 3 is 2.64 bits per heavy atom. The summed E-state index contributed by atoms with van der Waals surface area (Å²) in [7, 11) is 1.15. The molecular weight excluding hydrogens is 301 g/mol. The number of aliphatic hydroxyl groups is 1. The van der Waals surface area contributed by atoms with Gasteiger partial charge in [0.25, 0.3) is 5.91 Å². The molecule has 0 aromatic heterocycles. The van der Waals surface area contributed by atoms with Gasteiger partial charge in [0.1, 0.15) is 0 Å². The second kappa shape index (κ2) is 7.08. The summed E-state index contributed by atoms with van der Waals surface area (Å²) in [4.78, 5) is 24.0. The number of alkyl halides is 3. The summed E-state index contributed by atoms with van der Waals surface area (Å²) in [6, 6.07) is 5.70. The van der Waals surface area contributed by atoms with Crippen molar-refractivity contribution in [3.8, 4) is 0 Å². The lowest BCUT2D eigenvalue weighted by Crippen LogP contribution is -2.41. The Labute approximate surface area is 125 Å². The fourth-order valence-electron chi connectivity index (χ4n) is 1.59. The number of hydrogen-bond acceptors (Lipinski definition) is 3. The van der Waals surface area contributed by atoms with Crippen LogP contribution in [-0.4, -0.2) is 47.7 Å². The number of anilines is 1. The van der Waals surface area contributed by atoms with Crippen LogP contribution in [0.3, 0.4) is 0 Å². The van der Waals surface area contributed by atoms with Gasteiger partial charge in [0, 0.05) is 18.3 Å². The monoisotopic (exact) mass is 316 g/mol. The minimum atomic E-state index is -4.80. The molecule has 0 saturated carbocycles. The third-order valence-electron chi connectivity index (χ3n) is 2.73. The number of aliphatic hydroxyl groups excluding tert-OH is 1. The van der Waals surface area contributed by atoms with Gasteiger partial charge in [-0.2, -0.15) is 13.2 Å². The average molecular weight is 316 g/mol. The molecule has 120 valence electrons. The van der Waals surface area contributed by atoms with Crippen molar-refractivity contribution in [3.05, 3.63) is 42.5 Å². The molecule has 2 N–H and O–H groups in total. The van der Waals surface area contributed by atoms with Gasteiger partial charge in [0.05, 0.1) is 6.54 Å². The van der Waals surface area contributed by atoms with Gasteiger partial charge >= 0.3 is 6.18 Å². The van der Waals surface area contributed by atoms with E-state index >= 15 is 0 Å². The van der Waals surface area contributed by atoms with Gasteiger partial charge < -0.3 is 15.3 Å². The SMILES string of the molecule is C=CC(=O)Nc1cccc(C(=O)N(C)CC(O)C(F)(F)F)c1. The summed E-state index contributed by atoms with van der Waals surface area (Å²) in [6.07, 6.45) is -6.38. The number of rotatable bonds is 5. The molecule has 0 spiro atoms. The van der Waals surface area contributed by atoms with Crippen LogP contribution in [0.5, 0.6) is 0 Å². The van der Waals surface area contributed by atoms with Crippen LogP contribution < -0.4 is 5.32 Å². The lowest BCUT2D eigenvalue weighted by Gasteiger charge is -2.22. The van der Waals surface area contributed by atoms with Crippen LogP contribution in [-0.2, 0) is 4.79 Å². The first-order valence-corrected chi connectivity index (χ1v) is 6.19. The first-order chi connectivity index (χ1) is 10.1. The quantitative estimate of drug-likeness (QED) is 0.814. The van der Waals surface area contributed by atoms with Gasteiger partial charge in [-0.25, -0.2) is 0 Å². The molecule has 2 amide bonds. The molecule has 1 aromatic rings. The van der Waals surface area contributed by atoms with Crippen LogP contribution in [0, 0.1) is 0 Å². The molecule has 0 aliphatic carbocycles. The molecule has 0 heterocycles. The highest BCUT2D eigenvalue weighted by Crippen LogP contribution is 2.21. The lowest BCUT2D eigenvalue weighted by atomic mass is 10.1. The fourth-order valence-corrected chi connectivity index (χ4v) is 1.59. The van der Waals surface area contributed by atoms with Crippen molar-refractivity contribution in [1.29, 1.82) is 0 Å². The third-order valence-corrected chi connectivity index (χ3v) is 2.73. The van der Waals surface area contributed by atoms with E-state index < -0.39 is 30.6 Å². The predicted octanol–water partition coefficient (Wildman–Crippen LogP) is 1.81. The first kappa shape index (κ1) is 17.7. The van der Waals surface area contributed by atoms with Gasteiger partial charge in [0.15, 0.2) is 6.10 Å². The zero-order valence-corrected chi connectivity index (χ0v) is 11.7. The smallest absolute Gasteiger partial charge is 0.382 e. The van der Waals surface area contributed by atoms with E-state index in [2.05, 4.69) is 11.9 Å². The van der Waals surface area contributed by atoms with Gasteiger partial charge in [0.2, 0.25) is 5.91 Å². The Bertz CT molecular complexity index is 573. The van der Waals surface area contributed by atoms with Gasteiger partial charge in [-0.15, -0.1) is 0 Å². The number of halogens is 3. The number of carbonyl (C=O) groups is 2. The van der Waals surface area contributed by atoms with E-state index in [-0.39, 0.29) is 5.56 Å². The minimum Gasteiger partial charge on any atom is -0.382 e. The summed E-state index contributed by atoms with van der Waals surface area (Å²) in [6.45, 7) is 2.39. The molecule has 1 atom stereocenters. The van der Waals surface area contributed by atoms with Crippen molar-refractivity contribution in [2.24, 2.45) is 0 Å². The highest BCUT2D eigenvalue weighted by Gasteiger charge is 2.39. The van der Waals surface area contributed by atoms with Crippen LogP contribution in [0.1, 0.15) is 10.4 Å². The maximum Gasteiger partial charge on any atom is 0.416 e. The number of amides is 2. The summed E-state index contributed by atoms with van der Waals surface area (Å²) in [5, 5.41) is 11.4. The highest BCUT2D eigenvalue weighted by molar-refractivity contribution is 6.00. The maximum absolute atomic E-state index is 12.3. The van der Waals surface area contributed by atoms with E-state index in [4.69, 9.17) is 5.11 Å². The number of nitrogens with zero attached hydrogens (tertiary/aromatic N) is 1. The number of nitrogens with one attached hydrogen (secondary N) is 1. The van der Waals surface area contributed by atoms with Crippen molar-refractivity contribution < 1.29 is 27.9 Å². The highest BCUT2D eigenvalue weighted by atomic mass is 19.4. The van der Waals surface area contributed by atoms with Crippen molar-refractivity contribution in [2.75, 3.05) is 18.9 Å². The molecule has 1 unspecified atom stereocenters. The first-order valence-electron chi connectivity index (χ1n) is 6.19. The zero-order valence-electron chi connectivity index (χ0n) is 11.7. The van der Waals surface area contributed by atoms with Crippen LogP contribution in [0.2, 0.25) is 0 Å². The number of carbonyl (C=O) groups excluding carboxylic acids is 2. The van der Waals surface area contributed by atoms with Gasteiger partial charge in [-0.1, -0.05) is 12.6 Å². The van der Waals surface area contributed by atoms with Crippen molar-refractivity contribution in [2.45, 2.75) is 12.3 Å². The molecule has 22 heavy (non-hydrogen) atoms. The topological polar surface area (TPSA) is 69.6 Å². The third kappa shape index (κ3) is 4.88.